The third-order valence-corrected chi connectivity index (χ3v) is 13.2. The maximum absolute atomic E-state index is 14.8. The number of ether oxygens (including phenoxy) is 1. The lowest BCUT2D eigenvalue weighted by Crippen LogP contribution is -2.66. The number of fused-ring (bicyclic) bond motifs is 4. The molecular weight excluding hydrogens is 675 g/mol. The predicted octanol–water partition coefficient (Wildman–Crippen LogP) is 5.39. The molecule has 3 aromatic rings. The number of carboxylic acid groups (broad SMARTS) is 1. The summed E-state index contributed by atoms with van der Waals surface area (Å²) >= 11 is 0. The van der Waals surface area contributed by atoms with Crippen molar-refractivity contribution in [2.75, 3.05) is 31.2 Å². The molecule has 4 bridgehead atoms. The minimum Gasteiger partial charge on any atom is -0.479 e. The number of carboxylic acids is 1. The van der Waals surface area contributed by atoms with E-state index in [1.165, 1.54) is 5.56 Å². The van der Waals surface area contributed by atoms with E-state index >= 15 is 0 Å². The van der Waals surface area contributed by atoms with E-state index in [1.807, 2.05) is 23.9 Å². The summed E-state index contributed by atoms with van der Waals surface area (Å²) in [4.78, 5) is 39.5. The molecule has 4 aliphatic carbocycles. The smallest absolute Gasteiger partial charge is 0.434 e. The molecule has 5 atom stereocenters. The van der Waals surface area contributed by atoms with Crippen LogP contribution in [-0.2, 0) is 47.7 Å². The molecule has 3 aliphatic heterocycles. The standard InChI is InChI=1S/C38H44F3N7O4/c1-46-19-25-20-47(9-6-30(25)45-46)18-23-3-5-31-29(16-23)36(7-10-52-11-8-36)21-48(31)35-42-17-28(32(43-35)38(39,40)41)33(49)44-37(34(50)51)26-4-2-22-12-24(14-26)15-27(37)13-22/h3,5,16-17,19,22,24,26-27H,2,4,6-15,18,20-21H2,1H3,(H,44,49)(H,50,51). The molecule has 5 unspecified atom stereocenters. The Hall–Kier alpha value is -4.04. The summed E-state index contributed by atoms with van der Waals surface area (Å²) in [5.74, 6) is -2.26. The van der Waals surface area contributed by atoms with Gasteiger partial charge in [0, 0.05) is 81.9 Å². The van der Waals surface area contributed by atoms with Crippen LogP contribution in [0.5, 0.6) is 0 Å². The van der Waals surface area contributed by atoms with Gasteiger partial charge in [-0.25, -0.2) is 14.8 Å². The van der Waals surface area contributed by atoms with Crippen LogP contribution in [-0.4, -0.2) is 73.5 Å². The largest absolute Gasteiger partial charge is 0.479 e. The van der Waals surface area contributed by atoms with Crippen LogP contribution in [0, 0.1) is 23.7 Å². The Morgan fingerprint density at radius 2 is 1.87 bits per heavy atom. The zero-order valence-corrected chi connectivity index (χ0v) is 29.3. The number of alkyl halides is 3. The van der Waals surface area contributed by atoms with Gasteiger partial charge in [-0.15, -0.1) is 0 Å². The third-order valence-electron chi connectivity index (χ3n) is 13.2. The van der Waals surface area contributed by atoms with Crippen molar-refractivity contribution in [3.8, 4) is 0 Å². The van der Waals surface area contributed by atoms with Gasteiger partial charge in [0.2, 0.25) is 5.95 Å². The number of carbonyl (C=O) groups is 2. The van der Waals surface area contributed by atoms with E-state index in [4.69, 9.17) is 4.74 Å². The molecule has 1 saturated heterocycles. The zero-order chi connectivity index (χ0) is 36.0. The number of halogens is 3. The van der Waals surface area contributed by atoms with Crippen molar-refractivity contribution in [2.24, 2.45) is 30.7 Å². The van der Waals surface area contributed by atoms with Gasteiger partial charge in [-0.1, -0.05) is 18.6 Å². The fourth-order valence-electron chi connectivity index (χ4n) is 10.9. The molecule has 11 nitrogen and oxygen atoms in total. The SMILES string of the molecule is Cn1cc2c(n1)CCN(Cc1ccc3c(c1)C1(CCOCC1)CN3c1ncc(C(=O)NC3(C(=O)O)C4CCC5CC(C4)CC3C5)c(C(F)(F)F)n1)C2. The Bertz CT molecular complexity index is 1920. The van der Waals surface area contributed by atoms with Crippen molar-refractivity contribution in [2.45, 2.75) is 88.0 Å². The molecule has 1 aromatic carbocycles. The van der Waals surface area contributed by atoms with Crippen LogP contribution in [0.1, 0.15) is 89.8 Å². The number of benzene rings is 1. The average Bonchev–Trinajstić information content (AvgIpc) is 3.55. The highest BCUT2D eigenvalue weighted by Gasteiger charge is 2.60. The fourth-order valence-corrected chi connectivity index (χ4v) is 10.9. The molecule has 10 rings (SSSR count). The highest BCUT2D eigenvalue weighted by Crippen LogP contribution is 2.56. The van der Waals surface area contributed by atoms with Gasteiger partial charge in [0.15, 0.2) is 5.69 Å². The van der Waals surface area contributed by atoms with Crippen molar-refractivity contribution in [3.05, 3.63) is 64.2 Å². The topological polar surface area (TPSA) is 126 Å². The van der Waals surface area contributed by atoms with E-state index in [2.05, 4.69) is 37.5 Å². The van der Waals surface area contributed by atoms with Gasteiger partial charge in [0.05, 0.1) is 11.3 Å². The van der Waals surface area contributed by atoms with E-state index in [9.17, 15) is 27.9 Å². The van der Waals surface area contributed by atoms with Gasteiger partial charge in [0.25, 0.3) is 5.91 Å². The molecule has 7 aliphatic rings. The number of anilines is 2. The summed E-state index contributed by atoms with van der Waals surface area (Å²) < 4.78 is 52.1. The Balaban J connectivity index is 1.03. The number of aromatic nitrogens is 4. The molecule has 52 heavy (non-hydrogen) atoms. The first kappa shape index (κ1) is 33.8. The van der Waals surface area contributed by atoms with E-state index < -0.39 is 34.8 Å². The summed E-state index contributed by atoms with van der Waals surface area (Å²) in [6, 6.07) is 6.16. The quantitative estimate of drug-likeness (QED) is 0.345. The lowest BCUT2D eigenvalue weighted by molar-refractivity contribution is -0.154. The van der Waals surface area contributed by atoms with E-state index in [0.717, 1.165) is 67.6 Å². The monoisotopic (exact) mass is 719 g/mol. The fraction of sp³-hybridized carbons (Fsp3) is 0.605. The summed E-state index contributed by atoms with van der Waals surface area (Å²) in [6.45, 7) is 3.87. The Morgan fingerprint density at radius 1 is 1.08 bits per heavy atom. The maximum Gasteiger partial charge on any atom is 0.434 e. The Labute approximate surface area is 299 Å². The molecule has 5 heterocycles. The molecular formula is C38H44F3N7O4. The zero-order valence-electron chi connectivity index (χ0n) is 29.3. The van der Waals surface area contributed by atoms with Crippen LogP contribution >= 0.6 is 0 Å². The number of rotatable bonds is 6. The van der Waals surface area contributed by atoms with Crippen LogP contribution in [0.4, 0.5) is 24.8 Å². The summed E-state index contributed by atoms with van der Waals surface area (Å²) in [6.07, 6.45) is 4.87. The summed E-state index contributed by atoms with van der Waals surface area (Å²) in [5.41, 5.74) is 1.20. The Kier molecular flexibility index (Phi) is 7.96. The van der Waals surface area contributed by atoms with Crippen molar-refractivity contribution < 1.29 is 32.6 Å². The molecule has 1 amide bonds. The van der Waals surface area contributed by atoms with Crippen LogP contribution < -0.4 is 10.2 Å². The number of carbonyl (C=O) groups excluding carboxylic acids is 1. The highest BCUT2D eigenvalue weighted by molar-refractivity contribution is 5.99. The molecule has 5 fully saturated rings. The van der Waals surface area contributed by atoms with Gasteiger partial charge in [-0.2, -0.15) is 18.3 Å². The molecule has 2 aromatic heterocycles. The van der Waals surface area contributed by atoms with Gasteiger partial charge in [0.1, 0.15) is 5.54 Å². The van der Waals surface area contributed by atoms with Gasteiger partial charge in [-0.05, 0) is 85.8 Å². The number of hydrogen-bond acceptors (Lipinski definition) is 8. The normalized spacial score (nSPS) is 29.2. The van der Waals surface area contributed by atoms with Crippen LogP contribution in [0.2, 0.25) is 0 Å². The first-order chi connectivity index (χ1) is 24.9. The maximum atomic E-state index is 14.8. The van der Waals surface area contributed by atoms with Gasteiger partial charge < -0.3 is 20.1 Å². The van der Waals surface area contributed by atoms with E-state index in [1.54, 1.807) is 4.90 Å². The van der Waals surface area contributed by atoms with Crippen molar-refractivity contribution in [3.63, 3.8) is 0 Å². The van der Waals surface area contributed by atoms with Crippen molar-refractivity contribution in [1.82, 2.24) is 30.0 Å². The van der Waals surface area contributed by atoms with Gasteiger partial charge >= 0.3 is 12.1 Å². The average molecular weight is 720 g/mol. The van der Waals surface area contributed by atoms with E-state index in [-0.39, 0.29) is 23.2 Å². The van der Waals surface area contributed by atoms with Crippen molar-refractivity contribution >= 4 is 23.5 Å². The molecule has 276 valence electrons. The molecule has 14 heteroatoms. The minimum absolute atomic E-state index is 0.138. The van der Waals surface area contributed by atoms with Crippen molar-refractivity contribution in [1.29, 1.82) is 0 Å². The lowest BCUT2D eigenvalue weighted by Gasteiger charge is -2.50. The summed E-state index contributed by atoms with van der Waals surface area (Å²) in [7, 11) is 1.94. The molecule has 4 saturated carbocycles. The van der Waals surface area contributed by atoms with Crippen LogP contribution in [0.25, 0.3) is 0 Å². The number of aryl methyl sites for hydroxylation is 1. The summed E-state index contributed by atoms with van der Waals surface area (Å²) in [5, 5.41) is 17.9. The molecule has 0 radical (unpaired) electrons. The predicted molar refractivity (Wildman–Crippen MR) is 183 cm³/mol. The van der Waals surface area contributed by atoms with Gasteiger partial charge in [-0.3, -0.25) is 14.4 Å². The minimum atomic E-state index is -4.98. The number of hydrogen-bond donors (Lipinski definition) is 2. The second kappa shape index (κ2) is 12.3. The number of amides is 1. The Morgan fingerprint density at radius 3 is 2.65 bits per heavy atom. The number of nitrogens with one attached hydrogen (secondary N) is 1. The van der Waals surface area contributed by atoms with Crippen LogP contribution in [0.15, 0.2) is 30.6 Å². The number of aliphatic carboxylic acids is 1. The second-order valence-electron chi connectivity index (χ2n) is 16.3. The molecule has 1 spiro atoms. The molecule has 2 N–H and O–H groups in total. The number of nitrogens with zero attached hydrogens (tertiary/aromatic N) is 6. The van der Waals surface area contributed by atoms with Crippen LogP contribution in [0.3, 0.4) is 0 Å². The lowest BCUT2D eigenvalue weighted by atomic mass is 9.58. The second-order valence-corrected chi connectivity index (χ2v) is 16.3. The third kappa shape index (κ3) is 5.50. The first-order valence-corrected chi connectivity index (χ1v) is 18.6. The first-order valence-electron chi connectivity index (χ1n) is 18.6. The highest BCUT2D eigenvalue weighted by atomic mass is 19.4. The van der Waals surface area contributed by atoms with E-state index in [0.29, 0.717) is 70.1 Å².